The Morgan fingerprint density at radius 3 is 0.765 bits per heavy atom. The van der Waals surface area contributed by atoms with E-state index in [0.717, 1.165) is 0 Å². The van der Waals surface area contributed by atoms with Crippen LogP contribution >= 0.6 is 0 Å². The van der Waals surface area contributed by atoms with Crippen LogP contribution in [0.25, 0.3) is 0 Å². The SMILES string of the molecule is CC(C)[O][Sb]([O]C(C)C)([O]C(C)C)[O]C(C)C. The van der Waals surface area contributed by atoms with Crippen LogP contribution in [0.5, 0.6) is 0 Å². The van der Waals surface area contributed by atoms with Crippen molar-refractivity contribution in [2.45, 2.75) is 79.8 Å². The van der Waals surface area contributed by atoms with Crippen molar-refractivity contribution in [2.75, 3.05) is 0 Å². The van der Waals surface area contributed by atoms with Crippen molar-refractivity contribution in [3.05, 3.63) is 0 Å². The van der Waals surface area contributed by atoms with Gasteiger partial charge in [-0.25, -0.2) is 0 Å². The molecule has 0 aromatic carbocycles. The maximum absolute atomic E-state index is 5.90. The van der Waals surface area contributed by atoms with E-state index in [0.29, 0.717) is 0 Å². The molecule has 0 heterocycles. The minimum atomic E-state index is -3.77. The van der Waals surface area contributed by atoms with Gasteiger partial charge in [0.1, 0.15) is 0 Å². The third-order valence-corrected chi connectivity index (χ3v) is 9.12. The van der Waals surface area contributed by atoms with Crippen LogP contribution in [0.2, 0.25) is 0 Å². The van der Waals surface area contributed by atoms with Crippen molar-refractivity contribution in [1.82, 2.24) is 0 Å². The molecule has 1 radical (unpaired) electrons. The van der Waals surface area contributed by atoms with Crippen LogP contribution in [0.4, 0.5) is 0 Å². The number of rotatable bonds is 8. The fraction of sp³-hybridized carbons (Fsp3) is 1.00. The van der Waals surface area contributed by atoms with Gasteiger partial charge in [-0.2, -0.15) is 0 Å². The molecule has 0 amide bonds. The zero-order chi connectivity index (χ0) is 13.6. The molecule has 105 valence electrons. The van der Waals surface area contributed by atoms with Crippen molar-refractivity contribution >= 4 is 20.5 Å². The standard InChI is InChI=1S/4C3H7O.Sb/c4*1-3(2)4;/h4*3H,1-2H3;/q4*-1;+4. The van der Waals surface area contributed by atoms with Gasteiger partial charge >= 0.3 is 112 Å². The molecule has 5 heteroatoms. The molecule has 0 saturated heterocycles. The molecule has 0 N–H and O–H groups in total. The summed E-state index contributed by atoms with van der Waals surface area (Å²) in [5, 5.41) is 0. The van der Waals surface area contributed by atoms with Crippen LogP contribution in [0.3, 0.4) is 0 Å². The van der Waals surface area contributed by atoms with E-state index in [1.807, 2.05) is 55.4 Å². The zero-order valence-electron chi connectivity index (χ0n) is 12.4. The van der Waals surface area contributed by atoms with Crippen molar-refractivity contribution in [3.8, 4) is 0 Å². The topological polar surface area (TPSA) is 36.9 Å². The van der Waals surface area contributed by atoms with Gasteiger partial charge < -0.3 is 0 Å². The number of hydrogen-bond donors (Lipinski definition) is 0. The summed E-state index contributed by atoms with van der Waals surface area (Å²) in [5.74, 6) is 0. The van der Waals surface area contributed by atoms with E-state index in [4.69, 9.17) is 12.1 Å². The minimum absolute atomic E-state index is 0.0391. The number of hydrogen-bond acceptors (Lipinski definition) is 4. The van der Waals surface area contributed by atoms with E-state index in [2.05, 4.69) is 0 Å². The van der Waals surface area contributed by atoms with Crippen molar-refractivity contribution in [2.24, 2.45) is 0 Å². The summed E-state index contributed by atoms with van der Waals surface area (Å²) >= 11 is -3.77. The van der Waals surface area contributed by atoms with Gasteiger partial charge in [0.05, 0.1) is 0 Å². The first-order chi connectivity index (χ1) is 7.67. The van der Waals surface area contributed by atoms with Crippen LogP contribution in [-0.2, 0) is 12.1 Å². The monoisotopic (exact) mass is 357 g/mol. The predicted molar refractivity (Wildman–Crippen MR) is 70.6 cm³/mol. The molecule has 0 rings (SSSR count). The van der Waals surface area contributed by atoms with Gasteiger partial charge in [0.2, 0.25) is 0 Å². The molecule has 0 aliphatic rings. The van der Waals surface area contributed by atoms with Crippen LogP contribution in [-0.4, -0.2) is 44.9 Å². The van der Waals surface area contributed by atoms with Crippen LogP contribution in [0, 0.1) is 0 Å². The van der Waals surface area contributed by atoms with Gasteiger partial charge in [0.15, 0.2) is 0 Å². The van der Waals surface area contributed by atoms with Gasteiger partial charge in [-0.15, -0.1) is 0 Å². The molecule has 0 aliphatic heterocycles. The van der Waals surface area contributed by atoms with Crippen LogP contribution in [0.15, 0.2) is 0 Å². The third-order valence-electron chi connectivity index (χ3n) is 1.36. The van der Waals surface area contributed by atoms with Crippen molar-refractivity contribution < 1.29 is 12.1 Å². The van der Waals surface area contributed by atoms with Gasteiger partial charge in [0.25, 0.3) is 0 Å². The third kappa shape index (κ3) is 8.39. The van der Waals surface area contributed by atoms with Gasteiger partial charge in [-0.1, -0.05) is 0 Å². The molecular formula is C12H28O4Sb. The molecule has 17 heavy (non-hydrogen) atoms. The van der Waals surface area contributed by atoms with E-state index >= 15 is 0 Å². The van der Waals surface area contributed by atoms with E-state index in [9.17, 15) is 0 Å². The summed E-state index contributed by atoms with van der Waals surface area (Å²) in [6, 6.07) is 0. The van der Waals surface area contributed by atoms with E-state index in [-0.39, 0.29) is 24.4 Å². The Morgan fingerprint density at radius 2 is 0.647 bits per heavy atom. The Labute approximate surface area is 112 Å². The fourth-order valence-electron chi connectivity index (χ4n) is 1.18. The first-order valence-electron chi connectivity index (χ1n) is 6.29. The second-order valence-electron chi connectivity index (χ2n) is 5.06. The molecule has 0 aliphatic carbocycles. The molecule has 0 saturated carbocycles. The maximum atomic E-state index is 5.90. The van der Waals surface area contributed by atoms with Gasteiger partial charge in [-0.05, 0) is 0 Å². The summed E-state index contributed by atoms with van der Waals surface area (Å²) in [6.07, 6.45) is 0.156. The average Bonchev–Trinajstić information content (AvgIpc) is 1.95. The Bertz CT molecular complexity index is 159. The van der Waals surface area contributed by atoms with E-state index in [1.54, 1.807) is 0 Å². The molecule has 0 fully saturated rings. The molecule has 0 spiro atoms. The molecule has 0 aromatic heterocycles. The zero-order valence-corrected chi connectivity index (χ0v) is 14.9. The molecular weight excluding hydrogens is 330 g/mol. The van der Waals surface area contributed by atoms with Crippen molar-refractivity contribution in [1.29, 1.82) is 0 Å². The summed E-state index contributed by atoms with van der Waals surface area (Å²) in [5.41, 5.74) is 0. The first kappa shape index (κ1) is 17.7. The molecule has 0 aromatic rings. The second-order valence-corrected chi connectivity index (χ2v) is 10.0. The quantitative estimate of drug-likeness (QED) is 0.625. The molecule has 0 bridgehead atoms. The predicted octanol–water partition coefficient (Wildman–Crippen LogP) is 3.12. The summed E-state index contributed by atoms with van der Waals surface area (Å²) in [4.78, 5) is 0. The Hall–Kier alpha value is 0.658. The molecule has 0 unspecified atom stereocenters. The first-order valence-corrected chi connectivity index (χ1v) is 10.5. The Morgan fingerprint density at radius 1 is 0.471 bits per heavy atom. The second kappa shape index (κ2) is 7.96. The van der Waals surface area contributed by atoms with Crippen molar-refractivity contribution in [3.63, 3.8) is 0 Å². The van der Waals surface area contributed by atoms with E-state index in [1.165, 1.54) is 0 Å². The summed E-state index contributed by atoms with van der Waals surface area (Å²) < 4.78 is 23.6. The van der Waals surface area contributed by atoms with Gasteiger partial charge in [0, 0.05) is 0 Å². The molecule has 4 nitrogen and oxygen atoms in total. The average molecular weight is 358 g/mol. The normalized spacial score (nSPS) is 13.4. The Balaban J connectivity index is 4.89. The van der Waals surface area contributed by atoms with Gasteiger partial charge in [-0.3, -0.25) is 0 Å². The van der Waals surface area contributed by atoms with Crippen LogP contribution < -0.4 is 0 Å². The molecule has 0 atom stereocenters. The summed E-state index contributed by atoms with van der Waals surface area (Å²) in [7, 11) is 0. The fourth-order valence-corrected chi connectivity index (χ4v) is 7.93. The summed E-state index contributed by atoms with van der Waals surface area (Å²) in [6.45, 7) is 15.8. The van der Waals surface area contributed by atoms with E-state index < -0.39 is 20.5 Å². The Kier molecular flexibility index (Phi) is 8.26. The van der Waals surface area contributed by atoms with Crippen LogP contribution in [0.1, 0.15) is 55.4 Å².